The van der Waals surface area contributed by atoms with Crippen molar-refractivity contribution in [1.82, 2.24) is 10.1 Å². The zero-order valence-electron chi connectivity index (χ0n) is 11.3. The molecule has 1 aromatic heterocycles. The van der Waals surface area contributed by atoms with Crippen LogP contribution in [0, 0.1) is 19.8 Å². The third-order valence-electron chi connectivity index (χ3n) is 3.55. The van der Waals surface area contributed by atoms with E-state index in [4.69, 9.17) is 10.3 Å². The highest BCUT2D eigenvalue weighted by molar-refractivity contribution is 5.79. The van der Waals surface area contributed by atoms with Crippen molar-refractivity contribution in [3.8, 4) is 0 Å². The molecule has 1 aliphatic rings. The molecule has 2 unspecified atom stereocenters. The molecule has 100 valence electrons. The molecule has 18 heavy (non-hydrogen) atoms. The SMILES string of the molecule is Cc1noc(C)c1CC(=O)N1CC(C)CC(N)C1. The summed E-state index contributed by atoms with van der Waals surface area (Å²) in [5.74, 6) is 1.32. The Bertz CT molecular complexity index is 412. The molecule has 0 aliphatic carbocycles. The molecular formula is C13H21N3O2. The van der Waals surface area contributed by atoms with E-state index in [0.717, 1.165) is 30.0 Å². The van der Waals surface area contributed by atoms with Crippen LogP contribution in [0.4, 0.5) is 0 Å². The number of likely N-dealkylation sites (tertiary alicyclic amines) is 1. The number of nitrogens with two attached hydrogens (primary N) is 1. The minimum Gasteiger partial charge on any atom is -0.361 e. The van der Waals surface area contributed by atoms with Crippen LogP contribution in [-0.4, -0.2) is 35.1 Å². The van der Waals surface area contributed by atoms with Crippen molar-refractivity contribution in [3.05, 3.63) is 17.0 Å². The van der Waals surface area contributed by atoms with Gasteiger partial charge in [-0.25, -0.2) is 0 Å². The van der Waals surface area contributed by atoms with Crippen molar-refractivity contribution in [1.29, 1.82) is 0 Å². The number of amides is 1. The highest BCUT2D eigenvalue weighted by Crippen LogP contribution is 2.18. The molecule has 1 aromatic rings. The molecule has 0 aromatic carbocycles. The summed E-state index contributed by atoms with van der Waals surface area (Å²) < 4.78 is 5.08. The monoisotopic (exact) mass is 251 g/mol. The van der Waals surface area contributed by atoms with E-state index in [-0.39, 0.29) is 11.9 Å². The number of aryl methyl sites for hydroxylation is 2. The van der Waals surface area contributed by atoms with E-state index in [9.17, 15) is 4.79 Å². The lowest BCUT2D eigenvalue weighted by molar-refractivity contribution is -0.132. The van der Waals surface area contributed by atoms with Crippen molar-refractivity contribution in [3.63, 3.8) is 0 Å². The molecule has 2 N–H and O–H groups in total. The molecule has 2 heterocycles. The fraction of sp³-hybridized carbons (Fsp3) is 0.692. The molecule has 2 atom stereocenters. The maximum Gasteiger partial charge on any atom is 0.227 e. The van der Waals surface area contributed by atoms with Gasteiger partial charge >= 0.3 is 0 Å². The Hall–Kier alpha value is -1.36. The van der Waals surface area contributed by atoms with Gasteiger partial charge in [-0.1, -0.05) is 12.1 Å². The summed E-state index contributed by atoms with van der Waals surface area (Å²) in [5.41, 5.74) is 7.67. The lowest BCUT2D eigenvalue weighted by atomic mass is 9.96. The van der Waals surface area contributed by atoms with Gasteiger partial charge < -0.3 is 15.2 Å². The van der Waals surface area contributed by atoms with Crippen molar-refractivity contribution in [2.45, 2.75) is 39.7 Å². The molecule has 1 aliphatic heterocycles. The van der Waals surface area contributed by atoms with Crippen molar-refractivity contribution in [2.24, 2.45) is 11.7 Å². The Morgan fingerprint density at radius 1 is 1.50 bits per heavy atom. The standard InChI is InChI=1S/C13H21N3O2/c1-8-4-11(14)7-16(6-8)13(17)5-12-9(2)15-18-10(12)3/h8,11H,4-7,14H2,1-3H3. The second-order valence-corrected chi connectivity index (χ2v) is 5.38. The first-order chi connectivity index (χ1) is 8.47. The first-order valence-corrected chi connectivity index (χ1v) is 6.42. The van der Waals surface area contributed by atoms with E-state index >= 15 is 0 Å². The minimum absolute atomic E-state index is 0.0994. The fourth-order valence-electron chi connectivity index (χ4n) is 2.62. The van der Waals surface area contributed by atoms with Crippen molar-refractivity contribution < 1.29 is 9.32 Å². The van der Waals surface area contributed by atoms with Gasteiger partial charge in [0.25, 0.3) is 0 Å². The van der Waals surface area contributed by atoms with Crippen LogP contribution < -0.4 is 5.73 Å². The molecule has 5 nitrogen and oxygen atoms in total. The largest absolute Gasteiger partial charge is 0.361 e. The first-order valence-electron chi connectivity index (χ1n) is 6.42. The summed E-state index contributed by atoms with van der Waals surface area (Å²) in [5, 5.41) is 3.87. The molecular weight excluding hydrogens is 230 g/mol. The quantitative estimate of drug-likeness (QED) is 0.852. The van der Waals surface area contributed by atoms with Crippen LogP contribution >= 0.6 is 0 Å². The van der Waals surface area contributed by atoms with E-state index in [1.165, 1.54) is 0 Å². The molecule has 2 rings (SSSR count). The maximum atomic E-state index is 12.3. The number of nitrogens with zero attached hydrogens (tertiary/aromatic N) is 2. The molecule has 0 saturated carbocycles. The minimum atomic E-state index is 0.0994. The number of aromatic nitrogens is 1. The summed E-state index contributed by atoms with van der Waals surface area (Å²) in [7, 11) is 0. The van der Waals surface area contributed by atoms with Gasteiger partial charge in [0.2, 0.25) is 5.91 Å². The van der Waals surface area contributed by atoms with Crippen LogP contribution in [-0.2, 0) is 11.2 Å². The maximum absolute atomic E-state index is 12.3. The Morgan fingerprint density at radius 3 is 2.78 bits per heavy atom. The Morgan fingerprint density at radius 2 is 2.22 bits per heavy atom. The lowest BCUT2D eigenvalue weighted by Gasteiger charge is -2.34. The van der Waals surface area contributed by atoms with Gasteiger partial charge in [-0.15, -0.1) is 0 Å². The zero-order valence-corrected chi connectivity index (χ0v) is 11.3. The molecule has 0 spiro atoms. The molecule has 1 saturated heterocycles. The van der Waals surface area contributed by atoms with Gasteiger partial charge in [-0.05, 0) is 26.2 Å². The summed E-state index contributed by atoms with van der Waals surface area (Å²) in [6.07, 6.45) is 1.36. The number of carbonyl (C=O) groups is 1. The van der Waals surface area contributed by atoms with E-state index in [1.54, 1.807) is 0 Å². The van der Waals surface area contributed by atoms with E-state index in [1.807, 2.05) is 18.7 Å². The topological polar surface area (TPSA) is 72.4 Å². The van der Waals surface area contributed by atoms with E-state index < -0.39 is 0 Å². The van der Waals surface area contributed by atoms with Crippen molar-refractivity contribution in [2.75, 3.05) is 13.1 Å². The summed E-state index contributed by atoms with van der Waals surface area (Å²) in [6, 6.07) is 0.0994. The highest BCUT2D eigenvalue weighted by atomic mass is 16.5. The van der Waals surface area contributed by atoms with Crippen molar-refractivity contribution >= 4 is 5.91 Å². The van der Waals surface area contributed by atoms with E-state index in [0.29, 0.717) is 18.9 Å². The van der Waals surface area contributed by atoms with Crippen LogP contribution in [0.1, 0.15) is 30.4 Å². The first kappa shape index (κ1) is 13.1. The number of piperidine rings is 1. The zero-order chi connectivity index (χ0) is 13.3. The van der Waals surface area contributed by atoms with E-state index in [2.05, 4.69) is 12.1 Å². The van der Waals surface area contributed by atoms with Crippen LogP contribution in [0.15, 0.2) is 4.52 Å². The smallest absolute Gasteiger partial charge is 0.227 e. The predicted octanol–water partition coefficient (Wildman–Crippen LogP) is 1.03. The van der Waals surface area contributed by atoms with Gasteiger partial charge in [0.1, 0.15) is 5.76 Å². The second kappa shape index (κ2) is 5.10. The number of hydrogen-bond donors (Lipinski definition) is 1. The van der Waals surface area contributed by atoms with Crippen LogP contribution in [0.25, 0.3) is 0 Å². The average molecular weight is 251 g/mol. The third kappa shape index (κ3) is 2.72. The van der Waals surface area contributed by atoms with Crippen LogP contribution in [0.2, 0.25) is 0 Å². The summed E-state index contributed by atoms with van der Waals surface area (Å²) >= 11 is 0. The number of carbonyl (C=O) groups excluding carboxylic acids is 1. The third-order valence-corrected chi connectivity index (χ3v) is 3.55. The molecule has 0 bridgehead atoms. The van der Waals surface area contributed by atoms with Gasteiger partial charge in [0.05, 0.1) is 12.1 Å². The predicted molar refractivity (Wildman–Crippen MR) is 68.0 cm³/mol. The Kier molecular flexibility index (Phi) is 3.71. The highest BCUT2D eigenvalue weighted by Gasteiger charge is 2.26. The molecule has 0 radical (unpaired) electrons. The van der Waals surface area contributed by atoms with Gasteiger partial charge in [0, 0.05) is 24.7 Å². The van der Waals surface area contributed by atoms with Crippen LogP contribution in [0.3, 0.4) is 0 Å². The van der Waals surface area contributed by atoms with Gasteiger partial charge in [-0.2, -0.15) is 0 Å². The normalized spacial score (nSPS) is 24.3. The average Bonchev–Trinajstić information content (AvgIpc) is 2.59. The molecule has 5 heteroatoms. The Labute approximate surface area is 107 Å². The molecule has 1 amide bonds. The lowest BCUT2D eigenvalue weighted by Crippen LogP contribution is -2.49. The number of rotatable bonds is 2. The van der Waals surface area contributed by atoms with Gasteiger partial charge in [-0.3, -0.25) is 4.79 Å². The Balaban J connectivity index is 2.04. The molecule has 1 fully saturated rings. The summed E-state index contributed by atoms with van der Waals surface area (Å²) in [6.45, 7) is 7.30. The second-order valence-electron chi connectivity index (χ2n) is 5.38. The number of hydrogen-bond acceptors (Lipinski definition) is 4. The van der Waals surface area contributed by atoms with Gasteiger partial charge in [0.15, 0.2) is 0 Å². The van der Waals surface area contributed by atoms with Crippen LogP contribution in [0.5, 0.6) is 0 Å². The fourth-order valence-corrected chi connectivity index (χ4v) is 2.62. The summed E-state index contributed by atoms with van der Waals surface area (Å²) in [4.78, 5) is 14.1.